The molecule has 4 nitrogen and oxygen atoms in total. The number of nitrogens with zero attached hydrogens (tertiary/aromatic N) is 2. The maximum Gasteiger partial charge on any atom is 0.222 e. The molecule has 2 rings (SSSR count). The standard InChI is InChI=1S/C11H17N3O/c1-14(8-10-12-5-6-13-10)11(15)7-9-3-2-4-9/h5-6,9H,2-4,7-8H2,1H3,(H,12,13). The highest BCUT2D eigenvalue weighted by Gasteiger charge is 2.22. The van der Waals surface area contributed by atoms with E-state index < -0.39 is 0 Å². The molecule has 0 aromatic carbocycles. The van der Waals surface area contributed by atoms with E-state index in [-0.39, 0.29) is 5.91 Å². The molecule has 0 saturated heterocycles. The fourth-order valence-electron chi connectivity index (χ4n) is 1.80. The largest absolute Gasteiger partial charge is 0.347 e. The first-order chi connectivity index (χ1) is 7.25. The highest BCUT2D eigenvalue weighted by atomic mass is 16.2. The molecule has 0 spiro atoms. The van der Waals surface area contributed by atoms with Crippen LogP contribution in [0.1, 0.15) is 31.5 Å². The fraction of sp³-hybridized carbons (Fsp3) is 0.636. The Morgan fingerprint density at radius 1 is 1.67 bits per heavy atom. The number of aromatic nitrogens is 2. The second-order valence-corrected chi connectivity index (χ2v) is 4.29. The first kappa shape index (κ1) is 10.2. The van der Waals surface area contributed by atoms with E-state index in [1.54, 1.807) is 17.3 Å². The summed E-state index contributed by atoms with van der Waals surface area (Å²) in [6.07, 6.45) is 7.93. The van der Waals surface area contributed by atoms with Crippen molar-refractivity contribution in [2.45, 2.75) is 32.2 Å². The number of carbonyl (C=O) groups is 1. The normalized spacial score (nSPS) is 16.1. The van der Waals surface area contributed by atoms with Crippen molar-refractivity contribution < 1.29 is 4.79 Å². The highest BCUT2D eigenvalue weighted by molar-refractivity contribution is 5.76. The number of rotatable bonds is 4. The molecule has 4 heteroatoms. The number of aromatic amines is 1. The molecule has 1 aliphatic carbocycles. The van der Waals surface area contributed by atoms with Crippen LogP contribution < -0.4 is 0 Å². The van der Waals surface area contributed by atoms with Crippen molar-refractivity contribution in [1.29, 1.82) is 0 Å². The summed E-state index contributed by atoms with van der Waals surface area (Å²) in [5.74, 6) is 1.71. The van der Waals surface area contributed by atoms with Gasteiger partial charge in [0.25, 0.3) is 0 Å². The topological polar surface area (TPSA) is 49.0 Å². The van der Waals surface area contributed by atoms with Crippen molar-refractivity contribution in [3.63, 3.8) is 0 Å². The number of amides is 1. The van der Waals surface area contributed by atoms with Crippen LogP contribution in [0.25, 0.3) is 0 Å². The second-order valence-electron chi connectivity index (χ2n) is 4.29. The number of imidazole rings is 1. The molecular formula is C11H17N3O. The molecule has 0 atom stereocenters. The van der Waals surface area contributed by atoms with Crippen LogP contribution in [0.5, 0.6) is 0 Å². The summed E-state index contributed by atoms with van der Waals surface area (Å²) in [6.45, 7) is 0.582. The van der Waals surface area contributed by atoms with Crippen LogP contribution in [0.15, 0.2) is 12.4 Å². The lowest BCUT2D eigenvalue weighted by Gasteiger charge is -2.26. The van der Waals surface area contributed by atoms with Crippen LogP contribution in [0.3, 0.4) is 0 Å². The number of H-pyrrole nitrogens is 1. The van der Waals surface area contributed by atoms with Gasteiger partial charge in [0.2, 0.25) is 5.91 Å². The molecular weight excluding hydrogens is 190 g/mol. The molecule has 0 aliphatic heterocycles. The van der Waals surface area contributed by atoms with Crippen molar-refractivity contribution in [2.75, 3.05) is 7.05 Å². The third-order valence-corrected chi connectivity index (χ3v) is 3.06. The van der Waals surface area contributed by atoms with Crippen molar-refractivity contribution in [3.05, 3.63) is 18.2 Å². The molecule has 15 heavy (non-hydrogen) atoms. The van der Waals surface area contributed by atoms with Crippen LogP contribution in [0, 0.1) is 5.92 Å². The molecule has 0 bridgehead atoms. The van der Waals surface area contributed by atoms with Crippen LogP contribution >= 0.6 is 0 Å². The third-order valence-electron chi connectivity index (χ3n) is 3.06. The third kappa shape index (κ3) is 2.58. The molecule has 0 radical (unpaired) electrons. The quantitative estimate of drug-likeness (QED) is 0.814. The Hall–Kier alpha value is -1.32. The highest BCUT2D eigenvalue weighted by Crippen LogP contribution is 2.29. The second kappa shape index (κ2) is 4.47. The Morgan fingerprint density at radius 3 is 3.00 bits per heavy atom. The molecule has 1 heterocycles. The molecule has 1 amide bonds. The summed E-state index contributed by atoms with van der Waals surface area (Å²) in [5, 5.41) is 0. The molecule has 1 N–H and O–H groups in total. The van der Waals surface area contributed by atoms with Gasteiger partial charge in [-0.15, -0.1) is 0 Å². The Bertz CT molecular complexity index is 317. The molecule has 82 valence electrons. The summed E-state index contributed by atoms with van der Waals surface area (Å²) < 4.78 is 0. The Labute approximate surface area is 89.7 Å². The van der Waals surface area contributed by atoms with Crippen molar-refractivity contribution in [3.8, 4) is 0 Å². The molecule has 0 unspecified atom stereocenters. The SMILES string of the molecule is CN(Cc1ncc[nH]1)C(=O)CC1CCC1. The summed E-state index contributed by atoms with van der Waals surface area (Å²) in [4.78, 5) is 20.6. The van der Waals surface area contributed by atoms with Gasteiger partial charge in [-0.3, -0.25) is 4.79 Å². The maximum absolute atomic E-state index is 11.8. The predicted octanol–water partition coefficient (Wildman–Crippen LogP) is 1.56. The predicted molar refractivity (Wildman–Crippen MR) is 57.0 cm³/mol. The minimum Gasteiger partial charge on any atom is -0.347 e. The number of nitrogens with one attached hydrogen (secondary N) is 1. The Kier molecular flexibility index (Phi) is 3.04. The van der Waals surface area contributed by atoms with Gasteiger partial charge in [-0.05, 0) is 18.8 Å². The van der Waals surface area contributed by atoms with Crippen LogP contribution in [0.2, 0.25) is 0 Å². The monoisotopic (exact) mass is 207 g/mol. The number of hydrogen-bond acceptors (Lipinski definition) is 2. The van der Waals surface area contributed by atoms with Gasteiger partial charge < -0.3 is 9.88 Å². The lowest BCUT2D eigenvalue weighted by atomic mass is 9.83. The zero-order valence-electron chi connectivity index (χ0n) is 9.07. The van der Waals surface area contributed by atoms with E-state index in [2.05, 4.69) is 9.97 Å². The molecule has 1 aromatic rings. The van der Waals surface area contributed by atoms with E-state index in [0.29, 0.717) is 18.9 Å². The minimum absolute atomic E-state index is 0.233. The number of hydrogen-bond donors (Lipinski definition) is 1. The minimum atomic E-state index is 0.233. The van der Waals surface area contributed by atoms with Crippen LogP contribution in [-0.4, -0.2) is 27.8 Å². The van der Waals surface area contributed by atoms with Gasteiger partial charge in [-0.2, -0.15) is 0 Å². The molecule has 1 aliphatic rings. The van der Waals surface area contributed by atoms with E-state index in [9.17, 15) is 4.79 Å². The molecule has 1 saturated carbocycles. The zero-order valence-corrected chi connectivity index (χ0v) is 9.07. The van der Waals surface area contributed by atoms with E-state index >= 15 is 0 Å². The zero-order chi connectivity index (χ0) is 10.7. The van der Waals surface area contributed by atoms with Crippen LogP contribution in [-0.2, 0) is 11.3 Å². The smallest absolute Gasteiger partial charge is 0.222 e. The van der Waals surface area contributed by atoms with E-state index in [1.165, 1.54) is 19.3 Å². The van der Waals surface area contributed by atoms with E-state index in [1.807, 2.05) is 7.05 Å². The van der Waals surface area contributed by atoms with Crippen molar-refractivity contribution in [1.82, 2.24) is 14.9 Å². The molecule has 1 fully saturated rings. The summed E-state index contributed by atoms with van der Waals surface area (Å²) in [6, 6.07) is 0. The van der Waals surface area contributed by atoms with E-state index in [4.69, 9.17) is 0 Å². The summed E-state index contributed by atoms with van der Waals surface area (Å²) in [7, 11) is 1.84. The van der Waals surface area contributed by atoms with Gasteiger partial charge in [0.05, 0.1) is 6.54 Å². The Balaban J connectivity index is 1.79. The summed E-state index contributed by atoms with van der Waals surface area (Å²) >= 11 is 0. The first-order valence-electron chi connectivity index (χ1n) is 5.48. The number of carbonyl (C=O) groups excluding carboxylic acids is 1. The van der Waals surface area contributed by atoms with Crippen LogP contribution in [0.4, 0.5) is 0 Å². The molecule has 1 aromatic heterocycles. The van der Waals surface area contributed by atoms with Crippen molar-refractivity contribution in [2.24, 2.45) is 5.92 Å². The van der Waals surface area contributed by atoms with Gasteiger partial charge in [0.15, 0.2) is 0 Å². The van der Waals surface area contributed by atoms with Gasteiger partial charge >= 0.3 is 0 Å². The lowest BCUT2D eigenvalue weighted by molar-refractivity contribution is -0.132. The van der Waals surface area contributed by atoms with Gasteiger partial charge in [0.1, 0.15) is 5.82 Å². The average Bonchev–Trinajstić information content (AvgIpc) is 2.63. The van der Waals surface area contributed by atoms with Crippen molar-refractivity contribution >= 4 is 5.91 Å². The first-order valence-corrected chi connectivity index (χ1v) is 5.48. The van der Waals surface area contributed by atoms with Gasteiger partial charge in [-0.25, -0.2) is 4.98 Å². The Morgan fingerprint density at radius 2 is 2.47 bits per heavy atom. The van der Waals surface area contributed by atoms with E-state index in [0.717, 1.165) is 5.82 Å². The maximum atomic E-state index is 11.8. The summed E-state index contributed by atoms with van der Waals surface area (Å²) in [5.41, 5.74) is 0. The average molecular weight is 207 g/mol. The van der Waals surface area contributed by atoms with Gasteiger partial charge in [0, 0.05) is 25.9 Å². The fourth-order valence-corrected chi connectivity index (χ4v) is 1.80. The van der Waals surface area contributed by atoms with Gasteiger partial charge in [-0.1, -0.05) is 6.42 Å². The lowest BCUT2D eigenvalue weighted by Crippen LogP contribution is -2.30.